The highest BCUT2D eigenvalue weighted by Crippen LogP contribution is 2.13. The van der Waals surface area contributed by atoms with Crippen molar-refractivity contribution in [1.29, 1.82) is 0 Å². The summed E-state index contributed by atoms with van der Waals surface area (Å²) in [5, 5.41) is 4.67. The summed E-state index contributed by atoms with van der Waals surface area (Å²) < 4.78 is 3.79. The summed E-state index contributed by atoms with van der Waals surface area (Å²) in [6, 6.07) is 0. The first-order chi connectivity index (χ1) is 4.38. The molecule has 0 bridgehead atoms. The summed E-state index contributed by atoms with van der Waals surface area (Å²) >= 11 is 4.73. The monoisotopic (exact) mass is 205 g/mol. The first-order valence-corrected chi connectivity index (χ1v) is 4.43. The molecule has 0 saturated heterocycles. The van der Waals surface area contributed by atoms with Gasteiger partial charge in [-0.1, -0.05) is 20.4 Å². The minimum atomic E-state index is 0.786. The van der Waals surface area contributed by atoms with Crippen molar-refractivity contribution in [3.05, 3.63) is 17.5 Å². The van der Waals surface area contributed by atoms with Crippen molar-refractivity contribution in [3.63, 3.8) is 0 Å². The Balaban J connectivity index is 2.85. The second-order valence-electron chi connectivity index (χ2n) is 1.53. The Hall–Kier alpha value is 0.0400. The Bertz CT molecular complexity index is 168. The summed E-state index contributed by atoms with van der Waals surface area (Å²) in [7, 11) is 0. The van der Waals surface area contributed by atoms with Gasteiger partial charge in [-0.3, -0.25) is 0 Å². The quantitative estimate of drug-likeness (QED) is 0.689. The molecule has 0 spiro atoms. The normalized spacial score (nSPS) is 10.0. The van der Waals surface area contributed by atoms with Crippen LogP contribution in [-0.4, -0.2) is 9.59 Å². The maximum atomic E-state index is 3.89. The van der Waals surface area contributed by atoms with Crippen molar-refractivity contribution in [2.75, 3.05) is 0 Å². The van der Waals surface area contributed by atoms with E-state index in [4.69, 9.17) is 0 Å². The van der Waals surface area contributed by atoms with Gasteiger partial charge in [-0.05, 0) is 24.9 Å². The van der Waals surface area contributed by atoms with E-state index in [0.717, 1.165) is 17.4 Å². The van der Waals surface area contributed by atoms with E-state index in [1.165, 1.54) is 16.4 Å². The molecule has 1 aromatic heterocycles. The molecule has 4 heteroatoms. The van der Waals surface area contributed by atoms with Gasteiger partial charge in [0, 0.05) is 10.2 Å². The van der Waals surface area contributed by atoms with Crippen LogP contribution in [0.25, 0.3) is 0 Å². The van der Waals surface area contributed by atoms with E-state index in [1.807, 2.05) is 0 Å². The van der Waals surface area contributed by atoms with E-state index in [1.54, 1.807) is 0 Å². The van der Waals surface area contributed by atoms with E-state index in [-0.39, 0.29) is 0 Å². The van der Waals surface area contributed by atoms with Gasteiger partial charge in [0.15, 0.2) is 0 Å². The average molecular weight is 206 g/mol. The third-order valence-corrected chi connectivity index (χ3v) is 2.34. The fraction of sp³-hybridized carbons (Fsp3) is 0.400. The first kappa shape index (κ1) is 7.15. The van der Waals surface area contributed by atoms with Gasteiger partial charge in [0.25, 0.3) is 0 Å². The molecule has 1 radical (unpaired) electrons. The molecule has 9 heavy (non-hydrogen) atoms. The largest absolute Gasteiger partial charge is 0.142 e. The lowest BCUT2D eigenvalue weighted by Crippen LogP contribution is -1.82. The molecule has 1 rings (SSSR count). The predicted molar refractivity (Wildman–Crippen MR) is 41.6 cm³/mol. The highest BCUT2D eigenvalue weighted by Gasteiger charge is 2.01. The van der Waals surface area contributed by atoms with Crippen LogP contribution in [0.4, 0.5) is 0 Å². The van der Waals surface area contributed by atoms with Gasteiger partial charge in [0.05, 0.1) is 5.69 Å². The van der Waals surface area contributed by atoms with Crippen LogP contribution in [0.3, 0.4) is 0 Å². The van der Waals surface area contributed by atoms with Crippen molar-refractivity contribution in [2.45, 2.75) is 11.8 Å². The van der Waals surface area contributed by atoms with Crippen LogP contribution in [-0.2, 0) is 11.8 Å². The van der Waals surface area contributed by atoms with Crippen LogP contribution >= 0.6 is 27.5 Å². The molecule has 1 aromatic rings. The number of nitrogens with zero attached hydrogens (tertiary/aromatic N) is 2. The molecule has 1 heterocycles. The van der Waals surface area contributed by atoms with Gasteiger partial charge in [-0.25, -0.2) is 0 Å². The molecule has 0 N–H and O–H groups in total. The Kier molecular flexibility index (Phi) is 2.60. The molecule has 0 fully saturated rings. The molecule has 0 amide bonds. The number of aromatic nitrogens is 2. The molecular weight excluding hydrogens is 200 g/mol. The third-order valence-electron chi connectivity index (χ3n) is 0.988. The average Bonchev–Trinajstić information content (AvgIpc) is 2.33. The zero-order valence-electron chi connectivity index (χ0n) is 4.80. The van der Waals surface area contributed by atoms with E-state index in [9.17, 15) is 0 Å². The predicted octanol–water partition coefficient (Wildman–Crippen LogP) is 1.81. The molecule has 0 aliphatic rings. The fourth-order valence-corrected chi connectivity index (χ4v) is 1.70. The van der Waals surface area contributed by atoms with Crippen molar-refractivity contribution in [1.82, 2.24) is 9.59 Å². The van der Waals surface area contributed by atoms with E-state index in [2.05, 4.69) is 32.4 Å². The van der Waals surface area contributed by atoms with Crippen LogP contribution in [0.1, 0.15) is 10.6 Å². The molecule has 49 valence electrons. The molecular formula is C5H6BrN2S. The van der Waals surface area contributed by atoms with E-state index < -0.39 is 0 Å². The molecule has 0 saturated carbocycles. The third kappa shape index (κ3) is 1.49. The summed E-state index contributed by atoms with van der Waals surface area (Å²) in [6.07, 6.45) is 0.790. The Morgan fingerprint density at radius 1 is 1.67 bits per heavy atom. The van der Waals surface area contributed by atoms with Crippen LogP contribution < -0.4 is 0 Å². The summed E-state index contributed by atoms with van der Waals surface area (Å²) in [6.45, 7) is 3.75. The number of hydrogen-bond donors (Lipinski definition) is 0. The van der Waals surface area contributed by atoms with Crippen molar-refractivity contribution < 1.29 is 0 Å². The fourth-order valence-electron chi connectivity index (χ4n) is 0.519. The summed E-state index contributed by atoms with van der Waals surface area (Å²) in [5.74, 6) is 0. The topological polar surface area (TPSA) is 25.8 Å². The molecule has 0 aromatic carbocycles. The lowest BCUT2D eigenvalue weighted by atomic mass is 10.3. The smallest absolute Gasteiger partial charge is 0.0892 e. The van der Waals surface area contributed by atoms with E-state index in [0.29, 0.717) is 0 Å². The number of rotatable bonds is 2. The lowest BCUT2D eigenvalue weighted by molar-refractivity contribution is 1.06. The molecule has 0 aliphatic carbocycles. The second-order valence-corrected chi connectivity index (χ2v) is 2.93. The molecule has 2 nitrogen and oxygen atoms in total. The van der Waals surface area contributed by atoms with Crippen LogP contribution in [0.2, 0.25) is 0 Å². The van der Waals surface area contributed by atoms with Crippen LogP contribution in [0.15, 0.2) is 0 Å². The highest BCUT2D eigenvalue weighted by atomic mass is 79.9. The van der Waals surface area contributed by atoms with Crippen molar-refractivity contribution in [2.24, 2.45) is 0 Å². The van der Waals surface area contributed by atoms with Gasteiger partial charge in [0.2, 0.25) is 0 Å². The Morgan fingerprint density at radius 3 is 2.89 bits per heavy atom. The van der Waals surface area contributed by atoms with Crippen molar-refractivity contribution >= 4 is 27.5 Å². The standard InChI is InChI=1S/C5H6BrN2S/c1-2-5-4(3-6)7-8-9-5/h1-3H2. The maximum Gasteiger partial charge on any atom is 0.0892 e. The SMILES string of the molecule is [CH2]Cc1snnc1CBr. The number of hydrogen-bond acceptors (Lipinski definition) is 3. The molecule has 0 atom stereocenters. The molecule has 0 aliphatic heterocycles. The Morgan fingerprint density at radius 2 is 2.44 bits per heavy atom. The zero-order valence-corrected chi connectivity index (χ0v) is 7.20. The van der Waals surface area contributed by atoms with Crippen LogP contribution in [0.5, 0.6) is 0 Å². The van der Waals surface area contributed by atoms with Gasteiger partial charge >= 0.3 is 0 Å². The van der Waals surface area contributed by atoms with Gasteiger partial charge in [-0.2, -0.15) is 0 Å². The van der Waals surface area contributed by atoms with Crippen LogP contribution in [0, 0.1) is 6.92 Å². The summed E-state index contributed by atoms with van der Waals surface area (Å²) in [5.41, 5.74) is 1.02. The van der Waals surface area contributed by atoms with E-state index >= 15 is 0 Å². The maximum absolute atomic E-state index is 3.89. The Labute approximate surface area is 66.6 Å². The number of halogens is 1. The van der Waals surface area contributed by atoms with Gasteiger partial charge < -0.3 is 0 Å². The second kappa shape index (κ2) is 3.27. The first-order valence-electron chi connectivity index (χ1n) is 2.53. The highest BCUT2D eigenvalue weighted by molar-refractivity contribution is 9.08. The number of alkyl halides is 1. The van der Waals surface area contributed by atoms with Gasteiger partial charge in [0.1, 0.15) is 0 Å². The van der Waals surface area contributed by atoms with Gasteiger partial charge in [-0.15, -0.1) is 5.10 Å². The molecule has 0 unspecified atom stereocenters. The van der Waals surface area contributed by atoms with Crippen molar-refractivity contribution in [3.8, 4) is 0 Å². The minimum absolute atomic E-state index is 0.786. The summed E-state index contributed by atoms with van der Waals surface area (Å²) in [4.78, 5) is 1.17. The lowest BCUT2D eigenvalue weighted by Gasteiger charge is -1.87. The minimum Gasteiger partial charge on any atom is -0.142 e. The zero-order chi connectivity index (χ0) is 6.69.